The molecule has 0 aliphatic rings. The van der Waals surface area contributed by atoms with Gasteiger partial charge in [-0.1, -0.05) is 27.5 Å². The second-order valence-corrected chi connectivity index (χ2v) is 6.95. The van der Waals surface area contributed by atoms with Gasteiger partial charge in [-0.05, 0) is 30.2 Å². The fourth-order valence-corrected chi connectivity index (χ4v) is 2.28. The van der Waals surface area contributed by atoms with Crippen LogP contribution in [0.15, 0.2) is 22.7 Å². The number of hydrogen-bond acceptors (Lipinski definition) is 2. The van der Waals surface area contributed by atoms with Crippen molar-refractivity contribution < 1.29 is 8.42 Å². The van der Waals surface area contributed by atoms with Gasteiger partial charge in [-0.3, -0.25) is 0 Å². The number of aryl methyl sites for hydroxylation is 1. The highest BCUT2D eigenvalue weighted by atomic mass is 79.9. The van der Waals surface area contributed by atoms with Crippen molar-refractivity contribution in [3.8, 4) is 0 Å². The quantitative estimate of drug-likeness (QED) is 0.802. The van der Waals surface area contributed by atoms with E-state index in [0.29, 0.717) is 11.4 Å². The lowest BCUT2D eigenvalue weighted by atomic mass is 10.2. The molecule has 1 rings (SSSR count). The molecule has 14 heavy (non-hydrogen) atoms. The predicted octanol–water partition coefficient (Wildman–Crippen LogP) is 3.21. The number of rotatable bonds is 3. The average Bonchev–Trinajstić information content (AvgIpc) is 2.05. The standard InChI is InChI=1S/C8H7BrCl2O2S/c9-7-1-2-8(10)6(5-7)3-4-14(11,12)13/h1-2,5H,3-4H2. The van der Waals surface area contributed by atoms with Gasteiger partial charge in [0.15, 0.2) is 0 Å². The van der Waals surface area contributed by atoms with Crippen LogP contribution in [0.1, 0.15) is 5.56 Å². The Morgan fingerprint density at radius 1 is 1.36 bits per heavy atom. The van der Waals surface area contributed by atoms with Gasteiger partial charge < -0.3 is 0 Å². The molecule has 0 aliphatic carbocycles. The van der Waals surface area contributed by atoms with E-state index >= 15 is 0 Å². The van der Waals surface area contributed by atoms with E-state index in [1.54, 1.807) is 18.2 Å². The molecule has 0 unspecified atom stereocenters. The highest BCUT2D eigenvalue weighted by Gasteiger charge is 2.08. The van der Waals surface area contributed by atoms with Crippen LogP contribution in [0.4, 0.5) is 0 Å². The van der Waals surface area contributed by atoms with Gasteiger partial charge in [0.05, 0.1) is 5.75 Å². The largest absolute Gasteiger partial charge is 0.232 e. The van der Waals surface area contributed by atoms with E-state index in [4.69, 9.17) is 22.3 Å². The van der Waals surface area contributed by atoms with Crippen molar-refractivity contribution in [1.82, 2.24) is 0 Å². The van der Waals surface area contributed by atoms with E-state index < -0.39 is 9.05 Å². The lowest BCUT2D eigenvalue weighted by molar-refractivity contribution is 0.609. The molecule has 0 fully saturated rings. The molecule has 0 spiro atoms. The van der Waals surface area contributed by atoms with Crippen LogP contribution in [-0.2, 0) is 15.5 Å². The maximum atomic E-state index is 10.7. The van der Waals surface area contributed by atoms with E-state index in [2.05, 4.69) is 15.9 Å². The maximum absolute atomic E-state index is 10.7. The smallest absolute Gasteiger partial charge is 0.212 e. The highest BCUT2D eigenvalue weighted by molar-refractivity contribution is 9.10. The van der Waals surface area contributed by atoms with Crippen LogP contribution in [0.2, 0.25) is 5.02 Å². The van der Waals surface area contributed by atoms with Gasteiger partial charge in [0.25, 0.3) is 0 Å². The molecular formula is C8H7BrCl2O2S. The summed E-state index contributed by atoms with van der Waals surface area (Å²) in [6.07, 6.45) is 0.324. The van der Waals surface area contributed by atoms with Gasteiger partial charge in [0.2, 0.25) is 9.05 Å². The molecule has 0 heterocycles. The summed E-state index contributed by atoms with van der Waals surface area (Å²) in [6, 6.07) is 5.28. The first-order valence-corrected chi connectivity index (χ1v) is 7.40. The number of benzene rings is 1. The third-order valence-corrected chi connectivity index (χ3v) is 3.64. The van der Waals surface area contributed by atoms with Crippen LogP contribution in [-0.4, -0.2) is 14.2 Å². The van der Waals surface area contributed by atoms with E-state index in [-0.39, 0.29) is 5.75 Å². The number of hydrogen-bond donors (Lipinski definition) is 0. The molecule has 0 saturated carbocycles. The third-order valence-electron chi connectivity index (χ3n) is 1.62. The third kappa shape index (κ3) is 4.17. The van der Waals surface area contributed by atoms with Crippen molar-refractivity contribution in [2.24, 2.45) is 0 Å². The van der Waals surface area contributed by atoms with Gasteiger partial charge in [0, 0.05) is 20.2 Å². The van der Waals surface area contributed by atoms with Crippen LogP contribution >= 0.6 is 38.2 Å². The van der Waals surface area contributed by atoms with E-state index in [9.17, 15) is 8.42 Å². The Bertz CT molecular complexity index is 431. The minimum absolute atomic E-state index is 0.106. The minimum atomic E-state index is -3.45. The molecule has 0 N–H and O–H groups in total. The molecule has 78 valence electrons. The molecule has 6 heteroatoms. The molecule has 1 aromatic rings. The maximum Gasteiger partial charge on any atom is 0.232 e. The molecule has 0 saturated heterocycles. The van der Waals surface area contributed by atoms with Crippen molar-refractivity contribution in [3.05, 3.63) is 33.3 Å². The van der Waals surface area contributed by atoms with Gasteiger partial charge in [-0.2, -0.15) is 0 Å². The second-order valence-electron chi connectivity index (χ2n) is 2.73. The Hall–Kier alpha value is 0.230. The zero-order valence-corrected chi connectivity index (χ0v) is 10.9. The van der Waals surface area contributed by atoms with Gasteiger partial charge in [-0.25, -0.2) is 8.42 Å². The van der Waals surface area contributed by atoms with Crippen molar-refractivity contribution in [3.63, 3.8) is 0 Å². The molecule has 0 atom stereocenters. The van der Waals surface area contributed by atoms with Gasteiger partial charge >= 0.3 is 0 Å². The molecule has 2 nitrogen and oxygen atoms in total. The Morgan fingerprint density at radius 3 is 2.57 bits per heavy atom. The molecule has 0 aliphatic heterocycles. The van der Waals surface area contributed by atoms with Crippen molar-refractivity contribution >= 4 is 47.3 Å². The first-order chi connectivity index (χ1) is 6.38. The Balaban J connectivity index is 2.81. The van der Waals surface area contributed by atoms with Crippen LogP contribution in [0.5, 0.6) is 0 Å². The Kier molecular flexibility index (Phi) is 4.25. The monoisotopic (exact) mass is 316 g/mol. The normalized spacial score (nSPS) is 11.6. The molecule has 0 amide bonds. The second kappa shape index (κ2) is 4.84. The first-order valence-electron chi connectivity index (χ1n) is 3.75. The lowest BCUT2D eigenvalue weighted by Gasteiger charge is -2.02. The average molecular weight is 318 g/mol. The summed E-state index contributed by atoms with van der Waals surface area (Å²) in [7, 11) is 1.64. The zero-order valence-electron chi connectivity index (χ0n) is 7.00. The SMILES string of the molecule is O=S(=O)(Cl)CCc1cc(Br)ccc1Cl. The van der Waals surface area contributed by atoms with E-state index in [0.717, 1.165) is 10.0 Å². The van der Waals surface area contributed by atoms with E-state index in [1.807, 2.05) is 0 Å². The summed E-state index contributed by atoms with van der Waals surface area (Å²) in [5.74, 6) is -0.106. The van der Waals surface area contributed by atoms with Crippen LogP contribution in [0.25, 0.3) is 0 Å². The number of halogens is 3. The van der Waals surface area contributed by atoms with Crippen molar-refractivity contribution in [2.75, 3.05) is 5.75 Å². The molecule has 0 aromatic heterocycles. The Labute approximate surface area is 101 Å². The topological polar surface area (TPSA) is 34.1 Å². The van der Waals surface area contributed by atoms with E-state index in [1.165, 1.54) is 0 Å². The summed E-state index contributed by atoms with van der Waals surface area (Å²) < 4.78 is 22.3. The summed E-state index contributed by atoms with van der Waals surface area (Å²) in [5, 5.41) is 0.550. The predicted molar refractivity (Wildman–Crippen MR) is 62.5 cm³/mol. The van der Waals surface area contributed by atoms with Crippen molar-refractivity contribution in [1.29, 1.82) is 0 Å². The highest BCUT2D eigenvalue weighted by Crippen LogP contribution is 2.22. The summed E-state index contributed by atoms with van der Waals surface area (Å²) >= 11 is 9.14. The fourth-order valence-electron chi connectivity index (χ4n) is 0.967. The van der Waals surface area contributed by atoms with Gasteiger partial charge in [0.1, 0.15) is 0 Å². The summed E-state index contributed by atoms with van der Waals surface area (Å²) in [4.78, 5) is 0. The molecular weight excluding hydrogens is 311 g/mol. The molecule has 0 bridgehead atoms. The Morgan fingerprint density at radius 2 is 2.00 bits per heavy atom. The van der Waals surface area contributed by atoms with Gasteiger partial charge in [-0.15, -0.1) is 0 Å². The minimum Gasteiger partial charge on any atom is -0.212 e. The van der Waals surface area contributed by atoms with Crippen LogP contribution < -0.4 is 0 Å². The first kappa shape index (κ1) is 12.3. The molecule has 0 radical (unpaired) electrons. The summed E-state index contributed by atoms with van der Waals surface area (Å²) in [5.41, 5.74) is 0.769. The van der Waals surface area contributed by atoms with Crippen LogP contribution in [0, 0.1) is 0 Å². The fraction of sp³-hybridized carbons (Fsp3) is 0.250. The zero-order chi connectivity index (χ0) is 10.8. The summed E-state index contributed by atoms with van der Waals surface area (Å²) in [6.45, 7) is 0. The van der Waals surface area contributed by atoms with Crippen LogP contribution in [0.3, 0.4) is 0 Å². The molecule has 1 aromatic carbocycles. The van der Waals surface area contributed by atoms with Crippen molar-refractivity contribution in [2.45, 2.75) is 6.42 Å². The lowest BCUT2D eigenvalue weighted by Crippen LogP contribution is -2.01.